The van der Waals surface area contributed by atoms with E-state index in [1.807, 2.05) is 17.4 Å². The number of fused-ring (bicyclic) bond motifs is 20. The number of nitrogens with zero attached hydrogens (tertiary/aromatic N) is 6. The first kappa shape index (κ1) is 55.7. The number of benzene rings is 11. The number of aromatic nitrogens is 4. The summed E-state index contributed by atoms with van der Waals surface area (Å²) in [6, 6.07) is 76.4. The molecule has 0 saturated heterocycles. The van der Waals surface area contributed by atoms with Crippen molar-refractivity contribution in [2.24, 2.45) is 0 Å². The van der Waals surface area contributed by atoms with E-state index in [2.05, 4.69) is 302 Å². The SMILES string of the molecule is CC(C)(C)c1ccc2c(c1)c1cc(C(C)(C)C)c3c4ccccc4oc3c1n2-c1c(C#N)c(-n2c3ccccc3c3ccccc32)c(-n2c3ccc(C(C)(C)C)cc3c3cc(C(C)(C)C)c4c5ccccc5sc4c32)c(-n2c3ccccc3c3ccccc32)c1C#N. The van der Waals surface area contributed by atoms with Crippen LogP contribution in [0.4, 0.5) is 0 Å². The highest BCUT2D eigenvalue weighted by atomic mass is 32.1. The molecule has 0 aliphatic rings. The molecule has 446 valence electrons. The number of para-hydroxylation sites is 5. The molecular formula is C84H68N6OS. The van der Waals surface area contributed by atoms with Crippen LogP contribution in [0.5, 0.6) is 0 Å². The van der Waals surface area contributed by atoms with Crippen LogP contribution in [0.15, 0.2) is 199 Å². The van der Waals surface area contributed by atoms with Crippen molar-refractivity contribution < 1.29 is 4.42 Å². The van der Waals surface area contributed by atoms with E-state index >= 15 is 0 Å². The van der Waals surface area contributed by atoms with Crippen molar-refractivity contribution in [3.63, 3.8) is 0 Å². The Kier molecular flexibility index (Phi) is 11.6. The Morgan fingerprint density at radius 2 is 0.728 bits per heavy atom. The van der Waals surface area contributed by atoms with Crippen molar-refractivity contribution in [1.29, 1.82) is 10.5 Å². The van der Waals surface area contributed by atoms with E-state index in [1.54, 1.807) is 0 Å². The molecule has 7 nitrogen and oxygen atoms in total. The smallest absolute Gasteiger partial charge is 0.160 e. The van der Waals surface area contributed by atoms with Crippen molar-refractivity contribution in [2.45, 2.75) is 105 Å². The van der Waals surface area contributed by atoms with Gasteiger partial charge in [-0.05, 0) is 117 Å². The standard InChI is InChI=1S/C84H68N6OS/c1-81(2,3)47-37-39-67-55(41-47)57-43-61(83(7,8)9)71-53-29-17-23-35-69(53)91-79(71)76(57)89(67)73-59(45-85)74(87-63-31-19-13-25-49(63)50-26-14-20-32-64(50)87)78(75(60(73)46-86)88-65-33-21-15-27-51(65)52-28-16-22-34-66(52)88)90-68-40-38-48(82(4,5)6)42-56(68)58-44-62(84(10,11)12)72-54-30-18-24-36-70(54)92-80(72)77(58)90/h13-44H,1-12H3. The number of thiophene rings is 1. The molecule has 0 unspecified atom stereocenters. The summed E-state index contributed by atoms with van der Waals surface area (Å²) >= 11 is 1.83. The second kappa shape index (κ2) is 19.1. The van der Waals surface area contributed by atoms with Crippen LogP contribution in [0.1, 0.15) is 116 Å². The summed E-state index contributed by atoms with van der Waals surface area (Å²) in [6.07, 6.45) is 0. The first-order valence-corrected chi connectivity index (χ1v) is 32.9. The highest BCUT2D eigenvalue weighted by Gasteiger charge is 2.38. The molecule has 0 saturated carbocycles. The van der Waals surface area contributed by atoms with Crippen LogP contribution in [0.2, 0.25) is 0 Å². The minimum absolute atomic E-state index is 0.197. The lowest BCUT2D eigenvalue weighted by atomic mass is 9.82. The third-order valence-electron chi connectivity index (χ3n) is 19.8. The quantitative estimate of drug-likeness (QED) is 0.176. The molecule has 17 aromatic rings. The molecular weight excluding hydrogens is 1140 g/mol. The summed E-state index contributed by atoms with van der Waals surface area (Å²) in [6.45, 7) is 27.5. The van der Waals surface area contributed by atoms with E-state index in [4.69, 9.17) is 4.42 Å². The van der Waals surface area contributed by atoms with Crippen molar-refractivity contribution in [3.05, 3.63) is 228 Å². The van der Waals surface area contributed by atoms with Crippen LogP contribution in [-0.4, -0.2) is 18.3 Å². The third-order valence-corrected chi connectivity index (χ3v) is 20.9. The zero-order valence-corrected chi connectivity index (χ0v) is 54.8. The van der Waals surface area contributed by atoms with Crippen LogP contribution < -0.4 is 0 Å². The molecule has 11 aromatic carbocycles. The molecule has 0 fully saturated rings. The fourth-order valence-corrected chi connectivity index (χ4v) is 16.7. The number of furan rings is 1. The van der Waals surface area contributed by atoms with Crippen LogP contribution >= 0.6 is 11.3 Å². The van der Waals surface area contributed by atoms with Gasteiger partial charge in [0.1, 0.15) is 28.8 Å². The maximum absolute atomic E-state index is 13.2. The molecule has 17 rings (SSSR count). The van der Waals surface area contributed by atoms with Gasteiger partial charge in [0.2, 0.25) is 0 Å². The summed E-state index contributed by atoms with van der Waals surface area (Å²) in [4.78, 5) is 0. The maximum atomic E-state index is 13.2. The Morgan fingerprint density at radius 1 is 0.337 bits per heavy atom. The molecule has 6 heterocycles. The van der Waals surface area contributed by atoms with E-state index in [9.17, 15) is 10.5 Å². The van der Waals surface area contributed by atoms with E-state index in [1.165, 1.54) is 32.2 Å². The second-order valence-corrected chi connectivity index (χ2v) is 30.5. The first-order chi connectivity index (χ1) is 44.1. The molecule has 0 aliphatic heterocycles. The van der Waals surface area contributed by atoms with E-state index in [0.29, 0.717) is 39.5 Å². The van der Waals surface area contributed by atoms with Gasteiger partial charge in [-0.15, -0.1) is 11.3 Å². The molecule has 0 spiro atoms. The first-order valence-electron chi connectivity index (χ1n) is 32.0. The highest BCUT2D eigenvalue weighted by Crippen LogP contribution is 2.54. The van der Waals surface area contributed by atoms with Crippen LogP contribution in [0.3, 0.4) is 0 Å². The van der Waals surface area contributed by atoms with Gasteiger partial charge in [0.25, 0.3) is 0 Å². The normalized spacial score (nSPS) is 13.0. The van der Waals surface area contributed by atoms with Crippen LogP contribution in [0.25, 0.3) is 152 Å². The Bertz CT molecular complexity index is 5940. The van der Waals surface area contributed by atoms with E-state index < -0.39 is 0 Å². The number of rotatable bonds is 4. The minimum Gasteiger partial charge on any atom is -0.454 e. The van der Waals surface area contributed by atoms with Gasteiger partial charge in [-0.25, -0.2) is 0 Å². The average Bonchev–Trinajstić information content (AvgIpc) is 1.51. The number of hydrogen-bond acceptors (Lipinski definition) is 4. The highest BCUT2D eigenvalue weighted by molar-refractivity contribution is 7.26. The number of nitriles is 2. The molecule has 0 amide bonds. The Morgan fingerprint density at radius 3 is 1.18 bits per heavy atom. The molecule has 6 aromatic heterocycles. The fourth-order valence-electron chi connectivity index (χ4n) is 15.5. The van der Waals surface area contributed by atoms with Crippen LogP contribution in [0, 0.1) is 22.7 Å². The molecule has 8 heteroatoms. The lowest BCUT2D eigenvalue weighted by molar-refractivity contribution is 0.591. The van der Waals surface area contributed by atoms with Crippen molar-refractivity contribution >= 4 is 141 Å². The Labute approximate surface area is 537 Å². The van der Waals surface area contributed by atoms with Gasteiger partial charge in [-0.1, -0.05) is 204 Å². The largest absolute Gasteiger partial charge is 0.454 e. The van der Waals surface area contributed by atoms with Crippen molar-refractivity contribution in [2.75, 3.05) is 0 Å². The monoisotopic (exact) mass is 1210 g/mol. The zero-order valence-electron chi connectivity index (χ0n) is 54.0. The van der Waals surface area contributed by atoms with Crippen molar-refractivity contribution in [3.8, 4) is 34.9 Å². The van der Waals surface area contributed by atoms with Crippen LogP contribution in [-0.2, 0) is 21.7 Å². The van der Waals surface area contributed by atoms with Gasteiger partial charge in [0, 0.05) is 69.3 Å². The predicted octanol–water partition coefficient (Wildman–Crippen LogP) is 23.3. The third kappa shape index (κ3) is 7.65. The van der Waals surface area contributed by atoms with Gasteiger partial charge in [0.15, 0.2) is 5.58 Å². The van der Waals surface area contributed by atoms with Gasteiger partial charge in [0.05, 0.1) is 71.6 Å². The summed E-state index contributed by atoms with van der Waals surface area (Å²) in [5, 5.41) is 39.3. The lowest BCUT2D eigenvalue weighted by Crippen LogP contribution is -2.17. The molecule has 0 atom stereocenters. The molecule has 0 N–H and O–H groups in total. The zero-order chi connectivity index (χ0) is 63.4. The molecule has 0 aliphatic carbocycles. The van der Waals surface area contributed by atoms with E-state index in [-0.39, 0.29) is 21.7 Å². The maximum Gasteiger partial charge on any atom is 0.160 e. The van der Waals surface area contributed by atoms with Gasteiger partial charge in [-0.2, -0.15) is 10.5 Å². The number of hydrogen-bond donors (Lipinski definition) is 0. The predicted molar refractivity (Wildman–Crippen MR) is 388 cm³/mol. The fraction of sp³-hybridized carbons (Fsp3) is 0.190. The molecule has 0 bridgehead atoms. The summed E-state index contributed by atoms with van der Waals surface area (Å²) in [7, 11) is 0. The van der Waals surface area contributed by atoms with E-state index in [0.717, 1.165) is 114 Å². The van der Waals surface area contributed by atoms with Crippen molar-refractivity contribution in [1.82, 2.24) is 18.3 Å². The lowest BCUT2D eigenvalue weighted by Gasteiger charge is -2.28. The topological polar surface area (TPSA) is 80.4 Å². The average molecular weight is 1210 g/mol. The van der Waals surface area contributed by atoms with Gasteiger partial charge >= 0.3 is 0 Å². The molecule has 92 heavy (non-hydrogen) atoms. The summed E-state index contributed by atoms with van der Waals surface area (Å²) in [5.41, 5.74) is 15.8. The van der Waals surface area contributed by atoms with Gasteiger partial charge in [-0.3, -0.25) is 0 Å². The Hall–Kier alpha value is -10.4. The minimum atomic E-state index is -0.316. The summed E-state index contributed by atoms with van der Waals surface area (Å²) in [5.74, 6) is 0. The Balaban J connectivity index is 1.22. The summed E-state index contributed by atoms with van der Waals surface area (Å²) < 4.78 is 19.2. The van der Waals surface area contributed by atoms with Gasteiger partial charge < -0.3 is 22.7 Å². The molecule has 0 radical (unpaired) electrons. The second-order valence-electron chi connectivity index (χ2n) is 29.5.